The number of nitrogens with zero attached hydrogens (tertiary/aromatic N) is 1. The number of anilines is 2. The van der Waals surface area contributed by atoms with Gasteiger partial charge in [0.15, 0.2) is 0 Å². The Hall–Kier alpha value is -3.33. The second-order valence-corrected chi connectivity index (χ2v) is 8.60. The number of para-hydroxylation sites is 1. The van der Waals surface area contributed by atoms with Crippen LogP contribution in [0.25, 0.3) is 0 Å². The lowest BCUT2D eigenvalue weighted by Crippen LogP contribution is -2.38. The zero-order valence-corrected chi connectivity index (χ0v) is 17.2. The van der Waals surface area contributed by atoms with Crippen LogP contribution in [0.15, 0.2) is 83.8 Å². The number of rotatable bonds is 6. The minimum Gasteiger partial charge on any atom is -0.325 e. The van der Waals surface area contributed by atoms with E-state index in [2.05, 4.69) is 5.32 Å². The van der Waals surface area contributed by atoms with Crippen molar-refractivity contribution in [1.82, 2.24) is 0 Å². The van der Waals surface area contributed by atoms with E-state index in [1.165, 1.54) is 18.2 Å². The van der Waals surface area contributed by atoms with Crippen molar-refractivity contribution in [3.8, 4) is 0 Å². The molecule has 0 saturated heterocycles. The Morgan fingerprint density at radius 1 is 0.935 bits per heavy atom. The predicted molar refractivity (Wildman–Crippen MR) is 112 cm³/mol. The third-order valence-corrected chi connectivity index (χ3v) is 6.25. The summed E-state index contributed by atoms with van der Waals surface area (Å²) in [6.07, 6.45) is -4.56. The number of nitrogens with one attached hydrogen (secondary N) is 1. The molecule has 5 nitrogen and oxygen atoms in total. The van der Waals surface area contributed by atoms with Gasteiger partial charge in [0.05, 0.1) is 16.1 Å². The first-order valence-corrected chi connectivity index (χ1v) is 10.6. The van der Waals surface area contributed by atoms with Gasteiger partial charge in [-0.2, -0.15) is 13.2 Å². The molecule has 3 aromatic carbocycles. The monoisotopic (exact) mass is 448 g/mol. The topological polar surface area (TPSA) is 66.5 Å². The molecule has 0 fully saturated rings. The maximum absolute atomic E-state index is 13.3. The molecule has 1 amide bonds. The fourth-order valence-electron chi connectivity index (χ4n) is 2.97. The maximum atomic E-state index is 13.3. The van der Waals surface area contributed by atoms with E-state index >= 15 is 0 Å². The van der Waals surface area contributed by atoms with Crippen LogP contribution in [0.1, 0.15) is 11.1 Å². The Bertz CT molecular complexity index is 1180. The number of benzene rings is 3. The van der Waals surface area contributed by atoms with Crippen molar-refractivity contribution in [2.75, 3.05) is 16.2 Å². The Balaban J connectivity index is 1.93. The van der Waals surface area contributed by atoms with Crippen molar-refractivity contribution in [3.05, 3.63) is 90.0 Å². The second kappa shape index (κ2) is 8.81. The molecule has 0 aliphatic rings. The molecule has 1 N–H and O–H groups in total. The average Bonchev–Trinajstić information content (AvgIpc) is 2.73. The lowest BCUT2D eigenvalue weighted by atomic mass is 10.2. The number of halogens is 3. The normalized spacial score (nSPS) is 11.7. The molecule has 31 heavy (non-hydrogen) atoms. The standard InChI is InChI=1S/C22H19F3N2O3S/c1-16-8-5-6-13-20(16)27(31(29,30)19-11-3-2-4-12-19)15-21(28)26-18-10-7-9-17(14-18)22(23,24)25/h2-14H,15H2,1H3,(H,26,28). The van der Waals surface area contributed by atoms with Crippen LogP contribution in [0.3, 0.4) is 0 Å². The third kappa shape index (κ3) is 5.24. The summed E-state index contributed by atoms with van der Waals surface area (Å²) in [6, 6.07) is 18.4. The fraction of sp³-hybridized carbons (Fsp3) is 0.136. The van der Waals surface area contributed by atoms with Crippen LogP contribution in [0.4, 0.5) is 24.5 Å². The van der Waals surface area contributed by atoms with E-state index in [0.29, 0.717) is 11.3 Å². The molecule has 0 bridgehead atoms. The first kappa shape index (κ1) is 22.4. The Kier molecular flexibility index (Phi) is 6.35. The molecule has 9 heteroatoms. The summed E-state index contributed by atoms with van der Waals surface area (Å²) in [5, 5.41) is 2.35. The number of sulfonamides is 1. The lowest BCUT2D eigenvalue weighted by molar-refractivity contribution is -0.137. The number of alkyl halides is 3. The average molecular weight is 448 g/mol. The zero-order valence-electron chi connectivity index (χ0n) is 16.4. The second-order valence-electron chi connectivity index (χ2n) is 6.74. The van der Waals surface area contributed by atoms with E-state index in [0.717, 1.165) is 22.5 Å². The van der Waals surface area contributed by atoms with E-state index in [1.54, 1.807) is 49.4 Å². The van der Waals surface area contributed by atoms with Crippen LogP contribution < -0.4 is 9.62 Å². The SMILES string of the molecule is Cc1ccccc1N(CC(=O)Nc1cccc(C(F)(F)F)c1)S(=O)(=O)c1ccccc1. The van der Waals surface area contributed by atoms with Crippen molar-refractivity contribution >= 4 is 27.3 Å². The van der Waals surface area contributed by atoms with Gasteiger partial charge in [-0.3, -0.25) is 9.10 Å². The number of amides is 1. The van der Waals surface area contributed by atoms with Crippen molar-refractivity contribution in [1.29, 1.82) is 0 Å². The van der Waals surface area contributed by atoms with E-state index in [-0.39, 0.29) is 10.6 Å². The summed E-state index contributed by atoms with van der Waals surface area (Å²) < 4.78 is 66.2. The summed E-state index contributed by atoms with van der Waals surface area (Å²) in [5.74, 6) is -0.776. The number of hydrogen-bond acceptors (Lipinski definition) is 3. The first-order valence-electron chi connectivity index (χ1n) is 9.19. The summed E-state index contributed by atoms with van der Waals surface area (Å²) >= 11 is 0. The highest BCUT2D eigenvalue weighted by Gasteiger charge is 2.31. The third-order valence-electron chi connectivity index (χ3n) is 4.48. The highest BCUT2D eigenvalue weighted by molar-refractivity contribution is 7.92. The van der Waals surface area contributed by atoms with E-state index in [9.17, 15) is 26.4 Å². The molecule has 0 unspecified atom stereocenters. The van der Waals surface area contributed by atoms with Crippen LogP contribution in [-0.4, -0.2) is 20.9 Å². The van der Waals surface area contributed by atoms with Gasteiger partial charge in [0, 0.05) is 5.69 Å². The largest absolute Gasteiger partial charge is 0.416 e. The Morgan fingerprint density at radius 3 is 2.23 bits per heavy atom. The van der Waals surface area contributed by atoms with Gasteiger partial charge >= 0.3 is 6.18 Å². The summed E-state index contributed by atoms with van der Waals surface area (Å²) in [4.78, 5) is 12.6. The van der Waals surface area contributed by atoms with Crippen LogP contribution in [-0.2, 0) is 21.0 Å². The van der Waals surface area contributed by atoms with Gasteiger partial charge < -0.3 is 5.32 Å². The summed E-state index contributed by atoms with van der Waals surface area (Å²) in [6.45, 7) is 1.09. The van der Waals surface area contributed by atoms with Crippen LogP contribution in [0, 0.1) is 6.92 Å². The van der Waals surface area contributed by atoms with Crippen LogP contribution in [0.2, 0.25) is 0 Å². The smallest absolute Gasteiger partial charge is 0.325 e. The van der Waals surface area contributed by atoms with Crippen LogP contribution in [0.5, 0.6) is 0 Å². The molecular formula is C22H19F3N2O3S. The number of carbonyl (C=O) groups is 1. The van der Waals surface area contributed by atoms with Gasteiger partial charge in [-0.25, -0.2) is 8.42 Å². The maximum Gasteiger partial charge on any atom is 0.416 e. The van der Waals surface area contributed by atoms with Gasteiger partial charge in [0.1, 0.15) is 6.54 Å². The van der Waals surface area contributed by atoms with E-state index < -0.39 is 34.2 Å². The number of aryl methyl sites for hydroxylation is 1. The quantitative estimate of drug-likeness (QED) is 0.586. The molecule has 0 atom stereocenters. The first-order chi connectivity index (χ1) is 14.6. The highest BCUT2D eigenvalue weighted by atomic mass is 32.2. The molecule has 162 valence electrons. The van der Waals surface area contributed by atoms with Gasteiger partial charge in [0.2, 0.25) is 5.91 Å². The Labute approximate surface area is 178 Å². The van der Waals surface area contributed by atoms with Gasteiger partial charge in [-0.15, -0.1) is 0 Å². The molecule has 3 aromatic rings. The Morgan fingerprint density at radius 2 is 1.58 bits per heavy atom. The van der Waals surface area contributed by atoms with E-state index in [1.807, 2.05) is 0 Å². The lowest BCUT2D eigenvalue weighted by Gasteiger charge is -2.25. The summed E-state index contributed by atoms with van der Waals surface area (Å²) in [5.41, 5.74) is -0.0842. The van der Waals surface area contributed by atoms with Gasteiger partial charge in [0.25, 0.3) is 10.0 Å². The molecule has 3 rings (SSSR count). The molecule has 0 heterocycles. The summed E-state index contributed by atoms with van der Waals surface area (Å²) in [7, 11) is -4.10. The van der Waals surface area contributed by atoms with Crippen LogP contribution >= 0.6 is 0 Å². The molecule has 0 aromatic heterocycles. The number of hydrogen-bond donors (Lipinski definition) is 1. The van der Waals surface area contributed by atoms with Gasteiger partial charge in [-0.1, -0.05) is 42.5 Å². The number of carbonyl (C=O) groups excluding carboxylic acids is 1. The molecule has 0 spiro atoms. The predicted octanol–water partition coefficient (Wildman–Crippen LogP) is 4.85. The molecular weight excluding hydrogens is 429 g/mol. The molecule has 0 radical (unpaired) electrons. The van der Waals surface area contributed by atoms with Crippen molar-refractivity contribution in [2.45, 2.75) is 18.0 Å². The van der Waals surface area contributed by atoms with Gasteiger partial charge in [-0.05, 0) is 48.9 Å². The minimum atomic E-state index is -4.56. The van der Waals surface area contributed by atoms with E-state index in [4.69, 9.17) is 0 Å². The minimum absolute atomic E-state index is 0.00915. The van der Waals surface area contributed by atoms with Crippen molar-refractivity contribution < 1.29 is 26.4 Å². The fourth-order valence-corrected chi connectivity index (χ4v) is 4.47. The molecule has 0 saturated carbocycles. The van der Waals surface area contributed by atoms with Crippen molar-refractivity contribution in [3.63, 3.8) is 0 Å². The molecule has 0 aliphatic carbocycles. The van der Waals surface area contributed by atoms with Crippen molar-refractivity contribution in [2.24, 2.45) is 0 Å². The zero-order chi connectivity index (χ0) is 22.6. The molecule has 0 aliphatic heterocycles. The highest BCUT2D eigenvalue weighted by Crippen LogP contribution is 2.31.